The summed E-state index contributed by atoms with van der Waals surface area (Å²) in [5.41, 5.74) is 1.22. The molecule has 0 aromatic carbocycles. The molecule has 0 saturated carbocycles. The number of hydrogen-bond donors (Lipinski definition) is 2. The standard InChI is InChI=1S/C14H25N3OS/c1-10(8-15-5)13(18)16-7-6-12-17-11(9-19-12)14(2,3)4/h9-10,15H,6-8H2,1-5H3,(H,16,18). The largest absolute Gasteiger partial charge is 0.355 e. The lowest BCUT2D eigenvalue weighted by Crippen LogP contribution is -2.35. The van der Waals surface area contributed by atoms with Gasteiger partial charge in [0.15, 0.2) is 0 Å². The molecule has 1 unspecified atom stereocenters. The van der Waals surface area contributed by atoms with Crippen molar-refractivity contribution in [3.63, 3.8) is 0 Å². The van der Waals surface area contributed by atoms with Crippen LogP contribution >= 0.6 is 11.3 Å². The highest BCUT2D eigenvalue weighted by Crippen LogP contribution is 2.23. The van der Waals surface area contributed by atoms with Crippen molar-refractivity contribution < 1.29 is 4.79 Å². The zero-order valence-electron chi connectivity index (χ0n) is 12.5. The van der Waals surface area contributed by atoms with E-state index in [-0.39, 0.29) is 17.2 Å². The van der Waals surface area contributed by atoms with Gasteiger partial charge in [-0.1, -0.05) is 27.7 Å². The van der Waals surface area contributed by atoms with E-state index in [0.29, 0.717) is 13.1 Å². The molecular weight excluding hydrogens is 258 g/mol. The first-order chi connectivity index (χ1) is 8.84. The maximum atomic E-state index is 11.7. The summed E-state index contributed by atoms with van der Waals surface area (Å²) < 4.78 is 0. The Morgan fingerprint density at radius 2 is 2.16 bits per heavy atom. The molecule has 0 fully saturated rings. The Bertz CT molecular complexity index is 409. The van der Waals surface area contributed by atoms with Crippen molar-refractivity contribution in [2.75, 3.05) is 20.1 Å². The van der Waals surface area contributed by atoms with Crippen molar-refractivity contribution in [1.82, 2.24) is 15.6 Å². The minimum absolute atomic E-state index is 0.00595. The first kappa shape index (κ1) is 16.1. The molecule has 2 N–H and O–H groups in total. The zero-order valence-corrected chi connectivity index (χ0v) is 13.4. The molecule has 0 bridgehead atoms. The van der Waals surface area contributed by atoms with Crippen LogP contribution in [0, 0.1) is 5.92 Å². The van der Waals surface area contributed by atoms with Crippen LogP contribution in [-0.4, -0.2) is 31.0 Å². The molecule has 4 nitrogen and oxygen atoms in total. The van der Waals surface area contributed by atoms with Gasteiger partial charge in [0.25, 0.3) is 0 Å². The maximum Gasteiger partial charge on any atom is 0.224 e. The predicted octanol–water partition coefficient (Wildman–Crippen LogP) is 1.95. The third kappa shape index (κ3) is 5.28. The Kier molecular flexibility index (Phi) is 5.94. The van der Waals surface area contributed by atoms with Crippen LogP contribution in [0.15, 0.2) is 5.38 Å². The van der Waals surface area contributed by atoms with E-state index >= 15 is 0 Å². The van der Waals surface area contributed by atoms with E-state index in [1.54, 1.807) is 11.3 Å². The van der Waals surface area contributed by atoms with E-state index < -0.39 is 0 Å². The summed E-state index contributed by atoms with van der Waals surface area (Å²) in [7, 11) is 1.85. The third-order valence-electron chi connectivity index (χ3n) is 2.92. The number of thiazole rings is 1. The van der Waals surface area contributed by atoms with Gasteiger partial charge in [-0.05, 0) is 7.05 Å². The number of carbonyl (C=O) groups is 1. The smallest absolute Gasteiger partial charge is 0.224 e. The van der Waals surface area contributed by atoms with Crippen LogP contribution < -0.4 is 10.6 Å². The number of aromatic nitrogens is 1. The zero-order chi connectivity index (χ0) is 14.5. The molecule has 1 aromatic rings. The molecule has 0 radical (unpaired) electrons. The molecule has 1 aromatic heterocycles. The van der Waals surface area contributed by atoms with Crippen LogP contribution in [0.4, 0.5) is 0 Å². The lowest BCUT2D eigenvalue weighted by molar-refractivity contribution is -0.124. The number of nitrogens with one attached hydrogen (secondary N) is 2. The normalized spacial score (nSPS) is 13.3. The van der Waals surface area contributed by atoms with Gasteiger partial charge in [-0.25, -0.2) is 4.98 Å². The second-order valence-electron chi connectivity index (χ2n) is 5.88. The molecule has 1 atom stereocenters. The second-order valence-corrected chi connectivity index (χ2v) is 6.82. The summed E-state index contributed by atoms with van der Waals surface area (Å²) in [6, 6.07) is 0. The molecule has 1 amide bonds. The minimum Gasteiger partial charge on any atom is -0.355 e. The van der Waals surface area contributed by atoms with Crippen molar-refractivity contribution in [2.24, 2.45) is 5.92 Å². The Morgan fingerprint density at radius 3 is 2.68 bits per heavy atom. The average Bonchev–Trinajstić information content (AvgIpc) is 2.77. The highest BCUT2D eigenvalue weighted by atomic mass is 32.1. The molecule has 108 valence electrons. The third-order valence-corrected chi connectivity index (χ3v) is 3.82. The lowest BCUT2D eigenvalue weighted by atomic mass is 9.93. The number of carbonyl (C=O) groups excluding carboxylic acids is 1. The molecule has 19 heavy (non-hydrogen) atoms. The topological polar surface area (TPSA) is 54.0 Å². The van der Waals surface area contributed by atoms with Crippen molar-refractivity contribution in [1.29, 1.82) is 0 Å². The molecule has 0 aliphatic heterocycles. The van der Waals surface area contributed by atoms with Crippen LogP contribution in [0.5, 0.6) is 0 Å². The minimum atomic E-state index is 0.00595. The van der Waals surface area contributed by atoms with Crippen LogP contribution in [0.2, 0.25) is 0 Å². The van der Waals surface area contributed by atoms with E-state index in [9.17, 15) is 4.79 Å². The van der Waals surface area contributed by atoms with Gasteiger partial charge in [0.1, 0.15) is 0 Å². The van der Waals surface area contributed by atoms with Crippen molar-refractivity contribution in [2.45, 2.75) is 39.5 Å². The summed E-state index contributed by atoms with van der Waals surface area (Å²) in [6.45, 7) is 9.77. The molecule has 1 heterocycles. The van der Waals surface area contributed by atoms with Crippen LogP contribution in [0.1, 0.15) is 38.4 Å². The molecule has 0 spiro atoms. The second kappa shape index (κ2) is 7.01. The van der Waals surface area contributed by atoms with Gasteiger partial charge in [0.2, 0.25) is 5.91 Å². The van der Waals surface area contributed by atoms with Gasteiger partial charge in [-0.3, -0.25) is 4.79 Å². The lowest BCUT2D eigenvalue weighted by Gasteiger charge is -2.14. The van der Waals surface area contributed by atoms with Crippen LogP contribution in [0.3, 0.4) is 0 Å². The quantitative estimate of drug-likeness (QED) is 0.839. The van der Waals surface area contributed by atoms with Gasteiger partial charge in [0, 0.05) is 36.2 Å². The monoisotopic (exact) mass is 283 g/mol. The fourth-order valence-electron chi connectivity index (χ4n) is 1.64. The molecule has 0 aliphatic carbocycles. The summed E-state index contributed by atoms with van der Waals surface area (Å²) in [5, 5.41) is 9.16. The van der Waals surface area contributed by atoms with Crippen LogP contribution in [0.25, 0.3) is 0 Å². The number of hydrogen-bond acceptors (Lipinski definition) is 4. The summed E-state index contributed by atoms with van der Waals surface area (Å²) in [4.78, 5) is 16.3. The molecule has 0 saturated heterocycles. The van der Waals surface area contributed by atoms with E-state index in [1.807, 2.05) is 14.0 Å². The summed E-state index contributed by atoms with van der Waals surface area (Å²) in [6.07, 6.45) is 0.804. The number of amides is 1. The van der Waals surface area contributed by atoms with E-state index in [0.717, 1.165) is 17.1 Å². The Labute approximate surface area is 120 Å². The highest BCUT2D eigenvalue weighted by molar-refractivity contribution is 7.09. The molecule has 5 heteroatoms. The Hall–Kier alpha value is -0.940. The number of rotatable bonds is 6. The van der Waals surface area contributed by atoms with E-state index in [2.05, 4.69) is 41.8 Å². The molecular formula is C14H25N3OS. The highest BCUT2D eigenvalue weighted by Gasteiger charge is 2.17. The molecule has 1 rings (SSSR count). The molecule has 0 aliphatic rings. The Balaban J connectivity index is 2.37. The first-order valence-electron chi connectivity index (χ1n) is 6.71. The van der Waals surface area contributed by atoms with Gasteiger partial charge in [-0.15, -0.1) is 11.3 Å². The van der Waals surface area contributed by atoms with Crippen molar-refractivity contribution >= 4 is 17.2 Å². The summed E-state index contributed by atoms with van der Waals surface area (Å²) in [5.74, 6) is 0.105. The van der Waals surface area contributed by atoms with Crippen molar-refractivity contribution in [3.8, 4) is 0 Å². The van der Waals surface area contributed by atoms with E-state index in [4.69, 9.17) is 0 Å². The first-order valence-corrected chi connectivity index (χ1v) is 7.59. The maximum absolute atomic E-state index is 11.7. The fourth-order valence-corrected chi connectivity index (χ4v) is 2.66. The van der Waals surface area contributed by atoms with Gasteiger partial charge < -0.3 is 10.6 Å². The van der Waals surface area contributed by atoms with Gasteiger partial charge in [-0.2, -0.15) is 0 Å². The van der Waals surface area contributed by atoms with Crippen molar-refractivity contribution in [3.05, 3.63) is 16.1 Å². The summed E-state index contributed by atoms with van der Waals surface area (Å²) >= 11 is 1.67. The average molecular weight is 283 g/mol. The SMILES string of the molecule is CNCC(C)C(=O)NCCc1nc(C(C)(C)C)cs1. The Morgan fingerprint density at radius 1 is 1.47 bits per heavy atom. The van der Waals surface area contributed by atoms with Crippen LogP contribution in [-0.2, 0) is 16.6 Å². The van der Waals surface area contributed by atoms with E-state index in [1.165, 1.54) is 0 Å². The fraction of sp³-hybridized carbons (Fsp3) is 0.714. The van der Waals surface area contributed by atoms with Gasteiger partial charge >= 0.3 is 0 Å². The predicted molar refractivity (Wildman–Crippen MR) is 80.6 cm³/mol. The number of nitrogens with zero attached hydrogens (tertiary/aromatic N) is 1. The van der Waals surface area contributed by atoms with Gasteiger partial charge in [0.05, 0.1) is 10.7 Å².